The van der Waals surface area contributed by atoms with Gasteiger partial charge in [0.15, 0.2) is 0 Å². The number of benzene rings is 1. The summed E-state index contributed by atoms with van der Waals surface area (Å²) in [6, 6.07) is 4.24. The van der Waals surface area contributed by atoms with Crippen LogP contribution in [0.3, 0.4) is 0 Å². The molecule has 98 valence electrons. The Morgan fingerprint density at radius 3 is 2.79 bits per heavy atom. The molecule has 1 amide bonds. The van der Waals surface area contributed by atoms with Gasteiger partial charge in [-0.2, -0.15) is 0 Å². The van der Waals surface area contributed by atoms with Gasteiger partial charge < -0.3 is 10.3 Å². The zero-order valence-electron chi connectivity index (χ0n) is 10.2. The molecule has 0 aliphatic rings. The molecule has 1 aromatic heterocycles. The first-order valence-electron chi connectivity index (χ1n) is 5.74. The van der Waals surface area contributed by atoms with E-state index in [1.54, 1.807) is 13.0 Å². The summed E-state index contributed by atoms with van der Waals surface area (Å²) < 4.78 is 13.8. The van der Waals surface area contributed by atoms with E-state index in [-0.39, 0.29) is 5.56 Å². The molecule has 6 heteroatoms. The van der Waals surface area contributed by atoms with Crippen molar-refractivity contribution in [3.63, 3.8) is 0 Å². The standard InChI is InChI=1S/C13H12FN3O2/c1-2-15-12(18)10-4-3-8(5-11(10)14)9-6-16-13(19)17-7-9/h3-7H,2H2,1H3,(H,15,18)(H,16,17,19). The van der Waals surface area contributed by atoms with E-state index in [1.165, 1.54) is 24.5 Å². The summed E-state index contributed by atoms with van der Waals surface area (Å²) in [6.07, 6.45) is 2.79. The summed E-state index contributed by atoms with van der Waals surface area (Å²) >= 11 is 0. The van der Waals surface area contributed by atoms with Gasteiger partial charge in [-0.25, -0.2) is 14.2 Å². The predicted molar refractivity (Wildman–Crippen MR) is 68.3 cm³/mol. The highest BCUT2D eigenvalue weighted by Gasteiger charge is 2.11. The summed E-state index contributed by atoms with van der Waals surface area (Å²) in [5, 5.41) is 2.53. The Hall–Kier alpha value is -2.50. The molecular formula is C13H12FN3O2. The number of halogens is 1. The molecule has 0 aliphatic heterocycles. The van der Waals surface area contributed by atoms with Crippen LogP contribution in [0.25, 0.3) is 11.1 Å². The molecule has 2 aromatic rings. The van der Waals surface area contributed by atoms with Crippen molar-refractivity contribution in [2.24, 2.45) is 0 Å². The normalized spacial score (nSPS) is 10.2. The van der Waals surface area contributed by atoms with Crippen LogP contribution in [0.15, 0.2) is 35.4 Å². The molecule has 0 saturated carbocycles. The maximum Gasteiger partial charge on any atom is 0.344 e. The summed E-state index contributed by atoms with van der Waals surface area (Å²) in [6.45, 7) is 2.19. The number of carbonyl (C=O) groups excluding carboxylic acids is 1. The average Bonchev–Trinajstić information content (AvgIpc) is 2.39. The molecule has 2 N–H and O–H groups in total. The van der Waals surface area contributed by atoms with Gasteiger partial charge in [-0.05, 0) is 24.6 Å². The monoisotopic (exact) mass is 261 g/mol. The Labute approximate surface area is 108 Å². The van der Waals surface area contributed by atoms with Crippen molar-refractivity contribution in [2.75, 3.05) is 6.54 Å². The number of rotatable bonds is 3. The topological polar surface area (TPSA) is 74.8 Å². The SMILES string of the molecule is CCNC(=O)c1ccc(-c2cnc(=O)[nH]c2)cc1F. The largest absolute Gasteiger partial charge is 0.352 e. The molecule has 2 rings (SSSR count). The van der Waals surface area contributed by atoms with Gasteiger partial charge in [0.05, 0.1) is 5.56 Å². The maximum atomic E-state index is 13.8. The van der Waals surface area contributed by atoms with Gasteiger partial charge in [0.25, 0.3) is 5.91 Å². The van der Waals surface area contributed by atoms with Gasteiger partial charge in [0.2, 0.25) is 0 Å². The summed E-state index contributed by atoms with van der Waals surface area (Å²) in [5.74, 6) is -1.07. The third kappa shape index (κ3) is 2.85. The van der Waals surface area contributed by atoms with Crippen LogP contribution in [0.2, 0.25) is 0 Å². The highest BCUT2D eigenvalue weighted by Crippen LogP contribution is 2.20. The molecular weight excluding hydrogens is 249 g/mol. The van der Waals surface area contributed by atoms with E-state index < -0.39 is 17.4 Å². The molecule has 1 aromatic carbocycles. The van der Waals surface area contributed by atoms with Gasteiger partial charge in [-0.15, -0.1) is 0 Å². The Morgan fingerprint density at radius 1 is 1.42 bits per heavy atom. The lowest BCUT2D eigenvalue weighted by molar-refractivity contribution is 0.0952. The number of hydrogen-bond acceptors (Lipinski definition) is 3. The first-order valence-corrected chi connectivity index (χ1v) is 5.74. The van der Waals surface area contributed by atoms with E-state index in [0.29, 0.717) is 17.7 Å². The minimum Gasteiger partial charge on any atom is -0.352 e. The van der Waals surface area contributed by atoms with E-state index >= 15 is 0 Å². The lowest BCUT2D eigenvalue weighted by Gasteiger charge is -2.06. The van der Waals surface area contributed by atoms with Crippen molar-refractivity contribution in [1.82, 2.24) is 15.3 Å². The van der Waals surface area contributed by atoms with Gasteiger partial charge >= 0.3 is 5.69 Å². The number of aromatic nitrogens is 2. The molecule has 0 atom stereocenters. The van der Waals surface area contributed by atoms with E-state index in [1.807, 2.05) is 0 Å². The molecule has 0 fully saturated rings. The minimum atomic E-state index is -0.616. The maximum absolute atomic E-state index is 13.8. The number of carbonyl (C=O) groups is 1. The lowest BCUT2D eigenvalue weighted by atomic mass is 10.1. The molecule has 19 heavy (non-hydrogen) atoms. The highest BCUT2D eigenvalue weighted by molar-refractivity contribution is 5.94. The van der Waals surface area contributed by atoms with Crippen molar-refractivity contribution in [1.29, 1.82) is 0 Å². The number of hydrogen-bond donors (Lipinski definition) is 2. The molecule has 0 aliphatic carbocycles. The Bertz CT molecular complexity index is 647. The summed E-state index contributed by atoms with van der Waals surface area (Å²) in [5.41, 5.74) is 0.626. The molecule has 0 bridgehead atoms. The predicted octanol–water partition coefficient (Wildman–Crippen LogP) is 1.33. The zero-order chi connectivity index (χ0) is 13.8. The fourth-order valence-corrected chi connectivity index (χ4v) is 1.63. The fourth-order valence-electron chi connectivity index (χ4n) is 1.63. The molecule has 0 radical (unpaired) electrons. The van der Waals surface area contributed by atoms with Crippen molar-refractivity contribution >= 4 is 5.91 Å². The Balaban J connectivity index is 2.36. The van der Waals surface area contributed by atoms with Crippen LogP contribution < -0.4 is 11.0 Å². The zero-order valence-corrected chi connectivity index (χ0v) is 10.2. The van der Waals surface area contributed by atoms with Crippen LogP contribution in [-0.4, -0.2) is 22.4 Å². The second-order valence-electron chi connectivity index (χ2n) is 3.86. The van der Waals surface area contributed by atoms with Crippen molar-refractivity contribution in [2.45, 2.75) is 6.92 Å². The van der Waals surface area contributed by atoms with Gasteiger partial charge in [0.1, 0.15) is 5.82 Å². The van der Waals surface area contributed by atoms with Crippen molar-refractivity contribution in [3.05, 3.63) is 52.5 Å². The molecule has 0 unspecified atom stereocenters. The van der Waals surface area contributed by atoms with Gasteiger partial charge in [-0.1, -0.05) is 6.07 Å². The number of nitrogens with zero attached hydrogens (tertiary/aromatic N) is 1. The Kier molecular flexibility index (Phi) is 3.70. The number of amides is 1. The van der Waals surface area contributed by atoms with Crippen LogP contribution >= 0.6 is 0 Å². The first-order chi connectivity index (χ1) is 9.11. The van der Waals surface area contributed by atoms with E-state index in [0.717, 1.165) is 0 Å². The molecule has 0 spiro atoms. The van der Waals surface area contributed by atoms with Crippen LogP contribution in [0.1, 0.15) is 17.3 Å². The lowest BCUT2D eigenvalue weighted by Crippen LogP contribution is -2.23. The summed E-state index contributed by atoms with van der Waals surface area (Å²) in [4.78, 5) is 28.4. The fraction of sp³-hybridized carbons (Fsp3) is 0.154. The third-order valence-electron chi connectivity index (χ3n) is 2.56. The van der Waals surface area contributed by atoms with Gasteiger partial charge in [0, 0.05) is 24.5 Å². The van der Waals surface area contributed by atoms with Gasteiger partial charge in [-0.3, -0.25) is 4.79 Å². The highest BCUT2D eigenvalue weighted by atomic mass is 19.1. The van der Waals surface area contributed by atoms with E-state index in [2.05, 4.69) is 15.3 Å². The van der Waals surface area contributed by atoms with Crippen LogP contribution in [-0.2, 0) is 0 Å². The van der Waals surface area contributed by atoms with Crippen molar-refractivity contribution < 1.29 is 9.18 Å². The Morgan fingerprint density at radius 2 is 2.21 bits per heavy atom. The second-order valence-corrected chi connectivity index (χ2v) is 3.86. The number of H-pyrrole nitrogens is 1. The van der Waals surface area contributed by atoms with Crippen LogP contribution in [0.4, 0.5) is 4.39 Å². The number of nitrogens with one attached hydrogen (secondary N) is 2. The van der Waals surface area contributed by atoms with E-state index in [4.69, 9.17) is 0 Å². The smallest absolute Gasteiger partial charge is 0.344 e. The molecule has 5 nitrogen and oxygen atoms in total. The van der Waals surface area contributed by atoms with E-state index in [9.17, 15) is 14.0 Å². The average molecular weight is 261 g/mol. The van der Waals surface area contributed by atoms with Crippen molar-refractivity contribution in [3.8, 4) is 11.1 Å². The van der Waals surface area contributed by atoms with Crippen LogP contribution in [0, 0.1) is 5.82 Å². The minimum absolute atomic E-state index is 0.0111. The number of aromatic amines is 1. The molecule has 0 saturated heterocycles. The molecule has 1 heterocycles. The quantitative estimate of drug-likeness (QED) is 0.875. The third-order valence-corrected chi connectivity index (χ3v) is 2.56. The summed E-state index contributed by atoms with van der Waals surface area (Å²) in [7, 11) is 0. The first kappa shape index (κ1) is 12.9. The van der Waals surface area contributed by atoms with Crippen LogP contribution in [0.5, 0.6) is 0 Å². The second kappa shape index (κ2) is 5.43.